The third kappa shape index (κ3) is 5.36. The summed E-state index contributed by atoms with van der Waals surface area (Å²) in [7, 11) is 0.0355. The number of anilines is 1. The number of nitrogens with zero attached hydrogens (tertiary/aromatic N) is 5. The Bertz CT molecular complexity index is 1300. The third-order valence-electron chi connectivity index (χ3n) is 5.47. The summed E-state index contributed by atoms with van der Waals surface area (Å²) in [5.74, 6) is 2.86. The van der Waals surface area contributed by atoms with Crippen LogP contribution in [0.2, 0.25) is 0 Å². The SMILES string of the molecule is CCCOc1ccc(S(=O)(=O)NCCN(C)C)cc1-c1nc2c([nH]1)-c1nnc(CCC=O)n1CN2. The Balaban J connectivity index is 1.70. The summed E-state index contributed by atoms with van der Waals surface area (Å²) < 4.78 is 36.2. The molecule has 0 unspecified atom stereocenters. The number of aromatic amines is 1. The van der Waals surface area contributed by atoms with Crippen LogP contribution in [-0.4, -0.2) is 78.1 Å². The molecule has 0 aliphatic carbocycles. The van der Waals surface area contributed by atoms with E-state index in [-0.39, 0.29) is 4.90 Å². The molecule has 0 bridgehead atoms. The molecule has 1 aliphatic heterocycles. The monoisotopic (exact) mass is 502 g/mol. The molecule has 4 rings (SSSR count). The molecular weight excluding hydrogens is 472 g/mol. The van der Waals surface area contributed by atoms with Crippen molar-refractivity contribution in [2.75, 3.05) is 39.1 Å². The van der Waals surface area contributed by atoms with E-state index in [4.69, 9.17) is 4.74 Å². The first-order chi connectivity index (χ1) is 16.8. The molecule has 12 nitrogen and oxygen atoms in total. The number of imidazole rings is 1. The van der Waals surface area contributed by atoms with Crippen LogP contribution in [-0.2, 0) is 27.9 Å². The number of nitrogens with one attached hydrogen (secondary N) is 3. The minimum Gasteiger partial charge on any atom is -0.493 e. The number of aromatic nitrogens is 5. The number of likely N-dealkylation sites (N-methyl/N-ethyl adjacent to an activating group) is 1. The number of aldehydes is 1. The van der Waals surface area contributed by atoms with Gasteiger partial charge < -0.3 is 24.7 Å². The predicted molar refractivity (Wildman–Crippen MR) is 131 cm³/mol. The maximum Gasteiger partial charge on any atom is 0.240 e. The van der Waals surface area contributed by atoms with Crippen molar-refractivity contribution >= 4 is 22.1 Å². The average molecular weight is 503 g/mol. The first-order valence-corrected chi connectivity index (χ1v) is 12.9. The van der Waals surface area contributed by atoms with Crippen LogP contribution >= 0.6 is 0 Å². The molecule has 3 N–H and O–H groups in total. The molecule has 0 spiro atoms. The van der Waals surface area contributed by atoms with Crippen LogP contribution in [0.15, 0.2) is 23.1 Å². The molecule has 188 valence electrons. The van der Waals surface area contributed by atoms with Crippen LogP contribution in [0.3, 0.4) is 0 Å². The Hall–Kier alpha value is -3.29. The van der Waals surface area contributed by atoms with Gasteiger partial charge in [0.1, 0.15) is 29.4 Å². The van der Waals surface area contributed by atoms with E-state index in [1.54, 1.807) is 12.1 Å². The highest BCUT2D eigenvalue weighted by Crippen LogP contribution is 2.36. The van der Waals surface area contributed by atoms with Crippen molar-refractivity contribution in [1.82, 2.24) is 34.4 Å². The van der Waals surface area contributed by atoms with Crippen LogP contribution in [0.5, 0.6) is 5.75 Å². The van der Waals surface area contributed by atoms with Gasteiger partial charge in [0.25, 0.3) is 0 Å². The first-order valence-electron chi connectivity index (χ1n) is 11.5. The van der Waals surface area contributed by atoms with Crippen LogP contribution < -0.4 is 14.8 Å². The van der Waals surface area contributed by atoms with Crippen molar-refractivity contribution < 1.29 is 17.9 Å². The number of rotatable bonds is 12. The number of aryl methyl sites for hydroxylation is 1. The van der Waals surface area contributed by atoms with Gasteiger partial charge in [-0.15, -0.1) is 10.2 Å². The van der Waals surface area contributed by atoms with Gasteiger partial charge in [-0.2, -0.15) is 0 Å². The van der Waals surface area contributed by atoms with E-state index in [9.17, 15) is 13.2 Å². The minimum absolute atomic E-state index is 0.122. The zero-order chi connectivity index (χ0) is 25.0. The number of fused-ring (bicyclic) bond motifs is 3. The van der Waals surface area contributed by atoms with Gasteiger partial charge in [0.05, 0.1) is 23.7 Å². The van der Waals surface area contributed by atoms with Gasteiger partial charge in [0.15, 0.2) is 11.6 Å². The highest BCUT2D eigenvalue weighted by Gasteiger charge is 2.26. The molecule has 0 saturated heterocycles. The van der Waals surface area contributed by atoms with Gasteiger partial charge in [0, 0.05) is 25.9 Å². The Morgan fingerprint density at radius 1 is 1.29 bits per heavy atom. The van der Waals surface area contributed by atoms with Crippen LogP contribution in [0.1, 0.15) is 25.6 Å². The fourth-order valence-corrected chi connectivity index (χ4v) is 4.74. The van der Waals surface area contributed by atoms with Gasteiger partial charge in [-0.3, -0.25) is 4.57 Å². The van der Waals surface area contributed by atoms with E-state index in [2.05, 4.69) is 30.2 Å². The number of hydrogen-bond acceptors (Lipinski definition) is 9. The number of benzene rings is 1. The number of sulfonamides is 1. The molecule has 35 heavy (non-hydrogen) atoms. The van der Waals surface area contributed by atoms with Crippen LogP contribution in [0.25, 0.3) is 22.9 Å². The van der Waals surface area contributed by atoms with E-state index in [1.165, 1.54) is 6.07 Å². The molecule has 13 heteroatoms. The van der Waals surface area contributed by atoms with Gasteiger partial charge in [-0.25, -0.2) is 18.1 Å². The summed E-state index contributed by atoms with van der Waals surface area (Å²) >= 11 is 0. The van der Waals surface area contributed by atoms with E-state index in [0.717, 1.165) is 12.7 Å². The van der Waals surface area contributed by atoms with Gasteiger partial charge in [0.2, 0.25) is 10.0 Å². The third-order valence-corrected chi connectivity index (χ3v) is 6.93. The molecule has 1 aliphatic rings. The van der Waals surface area contributed by atoms with Crippen molar-refractivity contribution in [2.24, 2.45) is 0 Å². The fourth-order valence-electron chi connectivity index (χ4n) is 3.69. The Morgan fingerprint density at radius 2 is 2.11 bits per heavy atom. The van der Waals surface area contributed by atoms with Crippen LogP contribution in [0.4, 0.5) is 5.82 Å². The van der Waals surface area contributed by atoms with E-state index < -0.39 is 10.0 Å². The molecule has 0 radical (unpaired) electrons. The topological polar surface area (TPSA) is 147 Å². The lowest BCUT2D eigenvalue weighted by Crippen LogP contribution is -2.31. The van der Waals surface area contributed by atoms with Crippen molar-refractivity contribution in [3.63, 3.8) is 0 Å². The van der Waals surface area contributed by atoms with Crippen molar-refractivity contribution in [3.8, 4) is 28.7 Å². The van der Waals surface area contributed by atoms with E-state index in [1.807, 2.05) is 30.5 Å². The highest BCUT2D eigenvalue weighted by molar-refractivity contribution is 7.89. The second-order valence-corrected chi connectivity index (χ2v) is 10.2. The average Bonchev–Trinajstić information content (AvgIpc) is 3.44. The van der Waals surface area contributed by atoms with E-state index in [0.29, 0.717) is 79.5 Å². The Labute approximate surface area is 204 Å². The summed E-state index contributed by atoms with van der Waals surface area (Å²) in [5.41, 5.74) is 1.16. The molecule has 0 fully saturated rings. The molecule has 0 atom stereocenters. The quantitative estimate of drug-likeness (QED) is 0.313. The Morgan fingerprint density at radius 3 is 2.86 bits per heavy atom. The molecule has 1 aromatic carbocycles. The standard InChI is InChI=1S/C22H30N8O4S/c1-4-12-34-17-8-7-15(35(32,33)24-9-10-29(2)3)13-16(17)20-25-19-21(26-20)23-14-30-18(6-5-11-31)27-28-22(19)30/h7-8,11,13,23-24H,4-6,9-10,12,14H2,1-3H3,(H,25,26). The second-order valence-electron chi connectivity index (χ2n) is 8.42. The summed E-state index contributed by atoms with van der Waals surface area (Å²) in [6.07, 6.45) is 2.51. The number of ether oxygens (including phenoxy) is 1. The second kappa shape index (κ2) is 10.5. The van der Waals surface area contributed by atoms with Crippen molar-refractivity contribution in [1.29, 1.82) is 0 Å². The molecule has 3 aromatic rings. The predicted octanol–water partition coefficient (Wildman–Crippen LogP) is 1.48. The van der Waals surface area contributed by atoms with Gasteiger partial charge in [-0.05, 0) is 38.7 Å². The smallest absolute Gasteiger partial charge is 0.240 e. The maximum absolute atomic E-state index is 12.9. The molecule has 0 saturated carbocycles. The largest absolute Gasteiger partial charge is 0.493 e. The van der Waals surface area contributed by atoms with Crippen molar-refractivity contribution in [3.05, 3.63) is 24.0 Å². The summed E-state index contributed by atoms with van der Waals surface area (Å²) in [5, 5.41) is 11.7. The summed E-state index contributed by atoms with van der Waals surface area (Å²) in [4.78, 5) is 20.7. The lowest BCUT2D eigenvalue weighted by atomic mass is 10.2. The fraction of sp³-hybridized carbons (Fsp3) is 0.455. The minimum atomic E-state index is -3.72. The zero-order valence-corrected chi connectivity index (χ0v) is 20.9. The lowest BCUT2D eigenvalue weighted by Gasteiger charge is -2.15. The molecule has 2 aromatic heterocycles. The maximum atomic E-state index is 12.9. The number of hydrogen-bond donors (Lipinski definition) is 3. The summed E-state index contributed by atoms with van der Waals surface area (Å²) in [6, 6.07) is 4.75. The molecular formula is C22H30N8O4S. The molecule has 3 heterocycles. The number of carbonyl (C=O) groups is 1. The zero-order valence-electron chi connectivity index (χ0n) is 20.0. The van der Waals surface area contributed by atoms with Crippen molar-refractivity contribution in [2.45, 2.75) is 37.8 Å². The van der Waals surface area contributed by atoms with E-state index >= 15 is 0 Å². The molecule has 0 amide bonds. The summed E-state index contributed by atoms with van der Waals surface area (Å²) in [6.45, 7) is 3.76. The number of H-pyrrole nitrogens is 1. The number of carbonyl (C=O) groups excluding carboxylic acids is 1. The normalized spacial score (nSPS) is 12.8. The first kappa shape index (κ1) is 24.8. The highest BCUT2D eigenvalue weighted by atomic mass is 32.2. The lowest BCUT2D eigenvalue weighted by molar-refractivity contribution is -0.107. The van der Waals surface area contributed by atoms with Gasteiger partial charge in [-0.1, -0.05) is 6.92 Å². The van der Waals surface area contributed by atoms with Gasteiger partial charge >= 0.3 is 0 Å². The van der Waals surface area contributed by atoms with Crippen LogP contribution in [0, 0.1) is 0 Å². The Kier molecular flexibility index (Phi) is 7.48.